The standard InChI is InChI=1S/C13H13NO5S3/c1-20-19-11-5-3-7-13(9-11)22(17,18)14-10-4-2-6-12(8-10)21(15)16/h2-9,14H,1H3,(H,15,16). The number of benzene rings is 2. The van der Waals surface area contributed by atoms with Gasteiger partial charge >= 0.3 is 0 Å². The maximum Gasteiger partial charge on any atom is 0.262 e. The predicted molar refractivity (Wildman–Crippen MR) is 86.9 cm³/mol. The quantitative estimate of drug-likeness (QED) is 0.608. The second-order valence-electron chi connectivity index (χ2n) is 4.11. The van der Waals surface area contributed by atoms with Crippen LogP contribution < -0.4 is 8.91 Å². The van der Waals surface area contributed by atoms with Gasteiger partial charge < -0.3 is 8.74 Å². The fourth-order valence-corrected chi connectivity index (χ4v) is 3.47. The Morgan fingerprint density at radius 3 is 2.59 bits per heavy atom. The van der Waals surface area contributed by atoms with E-state index < -0.39 is 21.1 Å². The van der Waals surface area contributed by atoms with E-state index in [9.17, 15) is 12.6 Å². The largest absolute Gasteiger partial charge is 0.426 e. The van der Waals surface area contributed by atoms with Crippen LogP contribution >= 0.6 is 12.0 Å². The van der Waals surface area contributed by atoms with E-state index in [1.54, 1.807) is 18.4 Å². The average molecular weight is 359 g/mol. The van der Waals surface area contributed by atoms with Crippen molar-refractivity contribution >= 4 is 38.8 Å². The summed E-state index contributed by atoms with van der Waals surface area (Å²) in [4.78, 5) is 0.147. The Bertz CT molecular complexity index is 792. The summed E-state index contributed by atoms with van der Waals surface area (Å²) in [6.07, 6.45) is 1.72. The number of anilines is 1. The average Bonchev–Trinajstić information content (AvgIpc) is 2.48. The van der Waals surface area contributed by atoms with E-state index in [2.05, 4.69) is 4.72 Å². The Kier molecular flexibility index (Phi) is 5.46. The Balaban J connectivity index is 2.29. The molecule has 2 rings (SSSR count). The first-order valence-electron chi connectivity index (χ1n) is 5.97. The summed E-state index contributed by atoms with van der Waals surface area (Å²) in [5.74, 6) is 0.417. The van der Waals surface area contributed by atoms with Crippen LogP contribution in [0.2, 0.25) is 0 Å². The summed E-state index contributed by atoms with van der Waals surface area (Å²) in [5, 5.41) is 0. The summed E-state index contributed by atoms with van der Waals surface area (Å²) < 4.78 is 52.3. The second kappa shape index (κ2) is 7.14. The highest BCUT2D eigenvalue weighted by Gasteiger charge is 2.15. The number of sulfonamides is 1. The molecule has 0 aliphatic rings. The highest BCUT2D eigenvalue weighted by molar-refractivity contribution is 7.94. The van der Waals surface area contributed by atoms with Crippen LogP contribution in [0.25, 0.3) is 0 Å². The third-order valence-corrected chi connectivity index (χ3v) is 4.98. The molecule has 0 spiro atoms. The molecule has 0 saturated heterocycles. The molecule has 2 aromatic carbocycles. The van der Waals surface area contributed by atoms with Gasteiger partial charge in [0.1, 0.15) is 5.75 Å². The molecule has 0 heterocycles. The molecule has 0 bridgehead atoms. The number of rotatable bonds is 6. The maximum absolute atomic E-state index is 12.3. The van der Waals surface area contributed by atoms with Crippen molar-refractivity contribution in [1.82, 2.24) is 0 Å². The summed E-state index contributed by atoms with van der Waals surface area (Å²) >= 11 is -1.07. The lowest BCUT2D eigenvalue weighted by Gasteiger charge is -2.10. The van der Waals surface area contributed by atoms with Crippen LogP contribution in [0.5, 0.6) is 5.75 Å². The van der Waals surface area contributed by atoms with Gasteiger partial charge in [0, 0.05) is 12.3 Å². The summed E-state index contributed by atoms with van der Waals surface area (Å²) in [7, 11) is -3.82. The van der Waals surface area contributed by atoms with Crippen LogP contribution in [0.1, 0.15) is 0 Å². The zero-order valence-corrected chi connectivity index (χ0v) is 13.9. The molecule has 0 aliphatic heterocycles. The minimum Gasteiger partial charge on any atom is -0.426 e. The monoisotopic (exact) mass is 359 g/mol. The van der Waals surface area contributed by atoms with Crippen molar-refractivity contribution in [2.24, 2.45) is 0 Å². The van der Waals surface area contributed by atoms with Crippen molar-refractivity contribution in [3.63, 3.8) is 0 Å². The molecule has 0 radical (unpaired) electrons. The second-order valence-corrected chi connectivity index (χ2v) is 7.26. The fraction of sp³-hybridized carbons (Fsp3) is 0.0769. The molecule has 0 aliphatic carbocycles. The third kappa shape index (κ3) is 4.23. The van der Waals surface area contributed by atoms with Crippen molar-refractivity contribution in [1.29, 1.82) is 0 Å². The van der Waals surface area contributed by atoms with E-state index in [-0.39, 0.29) is 15.5 Å². The van der Waals surface area contributed by atoms with Gasteiger partial charge in [-0.1, -0.05) is 12.1 Å². The van der Waals surface area contributed by atoms with Gasteiger partial charge in [-0.15, -0.1) is 0 Å². The lowest BCUT2D eigenvalue weighted by atomic mass is 10.3. The number of hydrogen-bond donors (Lipinski definition) is 2. The summed E-state index contributed by atoms with van der Waals surface area (Å²) in [6, 6.07) is 11.8. The SMILES string of the molecule is CSOc1cccc(S(=O)(=O)Nc2cccc(S(=O)O)c2)c1. The van der Waals surface area contributed by atoms with Crippen LogP contribution in [0.15, 0.2) is 58.3 Å². The molecule has 6 nitrogen and oxygen atoms in total. The van der Waals surface area contributed by atoms with E-state index in [1.165, 1.54) is 36.4 Å². The van der Waals surface area contributed by atoms with E-state index in [4.69, 9.17) is 8.74 Å². The summed E-state index contributed by atoms with van der Waals surface area (Å²) in [6.45, 7) is 0. The van der Waals surface area contributed by atoms with Gasteiger partial charge in [-0.25, -0.2) is 12.6 Å². The lowest BCUT2D eigenvalue weighted by Crippen LogP contribution is -2.13. The maximum atomic E-state index is 12.3. The zero-order valence-electron chi connectivity index (χ0n) is 11.4. The topological polar surface area (TPSA) is 92.7 Å². The third-order valence-electron chi connectivity index (χ3n) is 2.58. The fourth-order valence-electron chi connectivity index (χ4n) is 1.67. The molecule has 118 valence electrons. The molecule has 22 heavy (non-hydrogen) atoms. The van der Waals surface area contributed by atoms with E-state index >= 15 is 0 Å². The van der Waals surface area contributed by atoms with Gasteiger partial charge in [-0.3, -0.25) is 4.72 Å². The van der Waals surface area contributed by atoms with Gasteiger partial charge in [0.15, 0.2) is 11.1 Å². The van der Waals surface area contributed by atoms with Gasteiger partial charge in [-0.05, 0) is 30.3 Å². The van der Waals surface area contributed by atoms with Gasteiger partial charge in [-0.2, -0.15) is 0 Å². The Labute approximate surface area is 135 Å². The van der Waals surface area contributed by atoms with Gasteiger partial charge in [0.05, 0.1) is 27.5 Å². The normalized spacial score (nSPS) is 12.6. The molecular formula is C13H13NO5S3. The van der Waals surface area contributed by atoms with E-state index in [0.29, 0.717) is 5.75 Å². The van der Waals surface area contributed by atoms with Crippen LogP contribution in [0.3, 0.4) is 0 Å². The molecule has 1 atom stereocenters. The Morgan fingerprint density at radius 2 is 1.91 bits per heavy atom. The van der Waals surface area contributed by atoms with Crippen LogP contribution in [-0.2, 0) is 21.1 Å². The molecule has 2 aromatic rings. The zero-order chi connectivity index (χ0) is 16.2. The van der Waals surface area contributed by atoms with Gasteiger partial charge in [0.25, 0.3) is 10.0 Å². The lowest BCUT2D eigenvalue weighted by molar-refractivity contribution is 0.564. The van der Waals surface area contributed by atoms with Crippen molar-refractivity contribution in [2.45, 2.75) is 9.79 Å². The Hall–Kier alpha value is -1.55. The molecule has 9 heteroatoms. The van der Waals surface area contributed by atoms with E-state index in [0.717, 1.165) is 12.0 Å². The molecule has 1 unspecified atom stereocenters. The van der Waals surface area contributed by atoms with Crippen LogP contribution in [0, 0.1) is 0 Å². The van der Waals surface area contributed by atoms with Crippen LogP contribution in [-0.4, -0.2) is 23.4 Å². The van der Waals surface area contributed by atoms with Crippen molar-refractivity contribution in [3.05, 3.63) is 48.5 Å². The first-order chi connectivity index (χ1) is 10.4. The highest BCUT2D eigenvalue weighted by atomic mass is 32.2. The number of nitrogens with one attached hydrogen (secondary N) is 1. The number of hydrogen-bond acceptors (Lipinski definition) is 5. The molecule has 0 saturated carbocycles. The van der Waals surface area contributed by atoms with Crippen LogP contribution in [0.4, 0.5) is 5.69 Å². The smallest absolute Gasteiger partial charge is 0.262 e. The minimum absolute atomic E-state index is 0.0366. The van der Waals surface area contributed by atoms with E-state index in [1.807, 2.05) is 0 Å². The minimum atomic E-state index is -3.82. The molecule has 0 aromatic heterocycles. The Morgan fingerprint density at radius 1 is 1.18 bits per heavy atom. The van der Waals surface area contributed by atoms with Crippen molar-refractivity contribution in [3.8, 4) is 5.75 Å². The molecule has 0 amide bonds. The first kappa shape index (κ1) is 16.8. The highest BCUT2D eigenvalue weighted by Crippen LogP contribution is 2.23. The molecule has 2 N–H and O–H groups in total. The summed E-state index contributed by atoms with van der Waals surface area (Å²) in [5.41, 5.74) is 0.205. The van der Waals surface area contributed by atoms with Crippen molar-refractivity contribution < 1.29 is 21.4 Å². The molecule has 0 fully saturated rings. The molecular weight excluding hydrogens is 346 g/mol. The van der Waals surface area contributed by atoms with Gasteiger partial charge in [0.2, 0.25) is 0 Å². The first-order valence-corrected chi connectivity index (χ1v) is 9.71. The predicted octanol–water partition coefficient (Wildman–Crippen LogP) is 2.72. The van der Waals surface area contributed by atoms with Crippen molar-refractivity contribution in [2.75, 3.05) is 11.0 Å².